The fraction of sp³-hybridized carbons (Fsp3) is 0.909. The number of carbonyl (C=O) groups excluding carboxylic acids is 1. The third-order valence-corrected chi connectivity index (χ3v) is 4.58. The largest absolute Gasteiger partial charge is 0.465 e. The number of hydrogen-bond donors (Lipinski definition) is 0. The lowest BCUT2D eigenvalue weighted by atomic mass is 10.5. The quantitative estimate of drug-likeness (QED) is 0.713. The maximum Gasteiger partial charge on any atom is 0.302 e. The fourth-order valence-electron chi connectivity index (χ4n) is 1.28. The second-order valence-corrected chi connectivity index (χ2v) is 6.15. The molecular formula is C11H20O4S2. The highest BCUT2D eigenvalue weighted by Crippen LogP contribution is 2.17. The standard InChI is InChI=1S/C11H20O4S2/c1-10(12)15-8-11-9-16-6-4-13-2-3-14-5-7-17-11/h11H,2-9H2,1H3. The molecule has 17 heavy (non-hydrogen) atoms. The molecule has 4 nitrogen and oxygen atoms in total. The molecule has 1 fully saturated rings. The van der Waals surface area contributed by atoms with Crippen LogP contribution in [0.1, 0.15) is 6.92 Å². The minimum Gasteiger partial charge on any atom is -0.465 e. The molecule has 6 heteroatoms. The monoisotopic (exact) mass is 280 g/mol. The van der Waals surface area contributed by atoms with E-state index in [-0.39, 0.29) is 5.97 Å². The second kappa shape index (κ2) is 10.1. The van der Waals surface area contributed by atoms with Gasteiger partial charge in [0.2, 0.25) is 0 Å². The van der Waals surface area contributed by atoms with Gasteiger partial charge in [-0.2, -0.15) is 23.5 Å². The summed E-state index contributed by atoms with van der Waals surface area (Å²) in [6.07, 6.45) is 0. The highest BCUT2D eigenvalue weighted by Gasteiger charge is 2.12. The van der Waals surface area contributed by atoms with E-state index < -0.39 is 0 Å². The summed E-state index contributed by atoms with van der Waals surface area (Å²) >= 11 is 3.66. The van der Waals surface area contributed by atoms with Gasteiger partial charge < -0.3 is 14.2 Å². The molecule has 1 heterocycles. The van der Waals surface area contributed by atoms with Gasteiger partial charge in [-0.1, -0.05) is 0 Å². The average molecular weight is 280 g/mol. The van der Waals surface area contributed by atoms with Crippen LogP contribution in [-0.4, -0.2) is 61.5 Å². The van der Waals surface area contributed by atoms with Crippen molar-refractivity contribution in [2.24, 2.45) is 0 Å². The van der Waals surface area contributed by atoms with Gasteiger partial charge in [-0.3, -0.25) is 4.79 Å². The first-order chi connectivity index (χ1) is 8.29. The Morgan fingerprint density at radius 3 is 2.65 bits per heavy atom. The predicted octanol–water partition coefficient (Wildman–Crippen LogP) is 1.43. The minimum absolute atomic E-state index is 0.207. The van der Waals surface area contributed by atoms with Crippen molar-refractivity contribution in [1.82, 2.24) is 0 Å². The summed E-state index contributed by atoms with van der Waals surface area (Å²) < 4.78 is 15.9. The molecule has 1 atom stereocenters. The Hall–Kier alpha value is 0.0900. The molecule has 0 radical (unpaired) electrons. The molecule has 100 valence electrons. The number of esters is 1. The smallest absolute Gasteiger partial charge is 0.302 e. The van der Waals surface area contributed by atoms with Crippen LogP contribution in [-0.2, 0) is 19.0 Å². The molecule has 1 aliphatic heterocycles. The Bertz CT molecular complexity index is 202. The second-order valence-electron chi connectivity index (χ2n) is 3.60. The number of ether oxygens (including phenoxy) is 3. The van der Waals surface area contributed by atoms with Crippen LogP contribution in [0.25, 0.3) is 0 Å². The molecule has 0 aromatic rings. The molecular weight excluding hydrogens is 260 g/mol. The van der Waals surface area contributed by atoms with Crippen LogP contribution >= 0.6 is 23.5 Å². The Morgan fingerprint density at radius 2 is 1.94 bits per heavy atom. The number of thioether (sulfide) groups is 2. The third-order valence-electron chi connectivity index (χ3n) is 2.10. The Kier molecular flexibility index (Phi) is 8.96. The third kappa shape index (κ3) is 8.77. The van der Waals surface area contributed by atoms with Gasteiger partial charge in [-0.05, 0) is 0 Å². The van der Waals surface area contributed by atoms with E-state index in [1.807, 2.05) is 23.5 Å². The van der Waals surface area contributed by atoms with Crippen molar-refractivity contribution in [3.8, 4) is 0 Å². The predicted molar refractivity (Wildman–Crippen MR) is 71.8 cm³/mol. The van der Waals surface area contributed by atoms with E-state index in [2.05, 4.69) is 0 Å². The van der Waals surface area contributed by atoms with E-state index in [0.29, 0.717) is 25.1 Å². The van der Waals surface area contributed by atoms with Gasteiger partial charge in [0.25, 0.3) is 0 Å². The summed E-state index contributed by atoms with van der Waals surface area (Å²) in [5.41, 5.74) is 0. The highest BCUT2D eigenvalue weighted by atomic mass is 32.2. The van der Waals surface area contributed by atoms with Crippen molar-refractivity contribution < 1.29 is 19.0 Å². The fourth-order valence-corrected chi connectivity index (χ4v) is 3.43. The molecule has 1 aliphatic rings. The number of rotatable bonds is 2. The van der Waals surface area contributed by atoms with E-state index in [0.717, 1.165) is 30.5 Å². The van der Waals surface area contributed by atoms with E-state index in [1.165, 1.54) is 6.92 Å². The summed E-state index contributed by atoms with van der Waals surface area (Å²) in [6, 6.07) is 0. The zero-order chi connectivity index (χ0) is 12.3. The lowest BCUT2D eigenvalue weighted by Gasteiger charge is -2.17. The van der Waals surface area contributed by atoms with Crippen LogP contribution < -0.4 is 0 Å². The van der Waals surface area contributed by atoms with Gasteiger partial charge in [0.15, 0.2) is 0 Å². The molecule has 1 rings (SSSR count). The summed E-state index contributed by atoms with van der Waals surface area (Å²) in [7, 11) is 0. The van der Waals surface area contributed by atoms with Gasteiger partial charge in [0, 0.05) is 29.4 Å². The first kappa shape index (κ1) is 15.1. The van der Waals surface area contributed by atoms with Gasteiger partial charge in [0.05, 0.1) is 26.4 Å². The number of hydrogen-bond acceptors (Lipinski definition) is 6. The molecule has 0 N–H and O–H groups in total. The van der Waals surface area contributed by atoms with Crippen LogP contribution in [0.2, 0.25) is 0 Å². The SMILES string of the molecule is CC(=O)OCC1CSCCOCCOCCS1. The van der Waals surface area contributed by atoms with Crippen molar-refractivity contribution in [2.75, 3.05) is 50.3 Å². The molecule has 0 aromatic heterocycles. The van der Waals surface area contributed by atoms with Crippen LogP contribution in [0.5, 0.6) is 0 Å². The average Bonchev–Trinajstić information content (AvgIpc) is 2.28. The van der Waals surface area contributed by atoms with Gasteiger partial charge in [-0.15, -0.1) is 0 Å². The summed E-state index contributed by atoms with van der Waals surface area (Å²) in [5.74, 6) is 2.70. The van der Waals surface area contributed by atoms with Gasteiger partial charge in [-0.25, -0.2) is 0 Å². The van der Waals surface area contributed by atoms with Crippen molar-refractivity contribution in [2.45, 2.75) is 12.2 Å². The Morgan fingerprint density at radius 1 is 1.24 bits per heavy atom. The summed E-state index contributed by atoms with van der Waals surface area (Å²) in [4.78, 5) is 10.8. The lowest BCUT2D eigenvalue weighted by molar-refractivity contribution is -0.140. The summed E-state index contributed by atoms with van der Waals surface area (Å²) in [5, 5.41) is 0.354. The number of carbonyl (C=O) groups is 1. The Labute approximate surface area is 111 Å². The van der Waals surface area contributed by atoms with E-state index in [9.17, 15) is 4.79 Å². The normalized spacial score (nSPS) is 24.4. The van der Waals surface area contributed by atoms with Crippen molar-refractivity contribution in [3.63, 3.8) is 0 Å². The van der Waals surface area contributed by atoms with E-state index in [1.54, 1.807) is 0 Å². The minimum atomic E-state index is -0.207. The van der Waals surface area contributed by atoms with Crippen molar-refractivity contribution in [3.05, 3.63) is 0 Å². The van der Waals surface area contributed by atoms with Crippen LogP contribution in [0.3, 0.4) is 0 Å². The maximum atomic E-state index is 10.8. The van der Waals surface area contributed by atoms with E-state index in [4.69, 9.17) is 14.2 Å². The first-order valence-corrected chi connectivity index (χ1v) is 7.97. The van der Waals surface area contributed by atoms with Crippen LogP contribution in [0.4, 0.5) is 0 Å². The molecule has 0 saturated carbocycles. The topological polar surface area (TPSA) is 44.8 Å². The molecule has 0 bridgehead atoms. The Balaban J connectivity index is 2.24. The molecule has 1 saturated heterocycles. The zero-order valence-electron chi connectivity index (χ0n) is 10.2. The van der Waals surface area contributed by atoms with Crippen molar-refractivity contribution >= 4 is 29.5 Å². The van der Waals surface area contributed by atoms with Gasteiger partial charge in [0.1, 0.15) is 6.61 Å². The zero-order valence-corrected chi connectivity index (χ0v) is 11.8. The van der Waals surface area contributed by atoms with Crippen LogP contribution in [0.15, 0.2) is 0 Å². The molecule has 0 aliphatic carbocycles. The molecule has 0 spiro atoms. The lowest BCUT2D eigenvalue weighted by Crippen LogP contribution is -2.20. The van der Waals surface area contributed by atoms with E-state index >= 15 is 0 Å². The molecule has 0 aromatic carbocycles. The first-order valence-electron chi connectivity index (χ1n) is 5.77. The summed E-state index contributed by atoms with van der Waals surface area (Å²) in [6.45, 7) is 4.79. The molecule has 1 unspecified atom stereocenters. The van der Waals surface area contributed by atoms with Gasteiger partial charge >= 0.3 is 5.97 Å². The van der Waals surface area contributed by atoms with Crippen molar-refractivity contribution in [1.29, 1.82) is 0 Å². The van der Waals surface area contributed by atoms with Crippen LogP contribution in [0, 0.1) is 0 Å². The highest BCUT2D eigenvalue weighted by molar-refractivity contribution is 8.03. The molecule has 0 amide bonds. The maximum absolute atomic E-state index is 10.8.